The van der Waals surface area contributed by atoms with Crippen LogP contribution in [0.2, 0.25) is 0 Å². The molecule has 29 heavy (non-hydrogen) atoms. The molecule has 0 unspecified atom stereocenters. The summed E-state index contributed by atoms with van der Waals surface area (Å²) < 4.78 is 11.2. The summed E-state index contributed by atoms with van der Waals surface area (Å²) in [6.45, 7) is 0. The number of hydrogen-bond acceptors (Lipinski definition) is 6. The maximum absolute atomic E-state index is 11.4. The zero-order valence-electron chi connectivity index (χ0n) is 15.0. The normalized spacial score (nSPS) is 10.6. The molecule has 0 aliphatic rings. The minimum Gasteiger partial charge on any atom is -0.523 e. The van der Waals surface area contributed by atoms with Gasteiger partial charge in [-0.2, -0.15) is 0 Å². The fraction of sp³-hybridized carbons (Fsp3) is 0. The molecule has 0 heterocycles. The lowest BCUT2D eigenvalue weighted by molar-refractivity contribution is -0.385. The Bertz CT molecular complexity index is 1160. The van der Waals surface area contributed by atoms with E-state index in [0.29, 0.717) is 10.8 Å². The highest BCUT2D eigenvalue weighted by Gasteiger charge is 2.22. The average Bonchev–Trinajstić information content (AvgIpc) is 2.73. The summed E-state index contributed by atoms with van der Waals surface area (Å²) in [7, 11) is -0.427. The van der Waals surface area contributed by atoms with Crippen LogP contribution in [0.15, 0.2) is 72.8 Å². The zero-order chi connectivity index (χ0) is 20.4. The molecule has 0 spiro atoms. The van der Waals surface area contributed by atoms with Crippen LogP contribution in [0.5, 0.6) is 11.5 Å². The number of nitro groups is 2. The summed E-state index contributed by atoms with van der Waals surface area (Å²) in [5.74, 6) is 0.104. The van der Waals surface area contributed by atoms with E-state index in [-0.39, 0.29) is 22.9 Å². The molecule has 0 aromatic heterocycles. The minimum atomic E-state index is -0.540. The molecule has 0 N–H and O–H groups in total. The second-order valence-electron chi connectivity index (χ2n) is 6.19. The smallest absolute Gasteiger partial charge is 0.523 e. The number of benzene rings is 4. The topological polar surface area (TPSA) is 105 Å². The quantitative estimate of drug-likeness (QED) is 0.273. The van der Waals surface area contributed by atoms with Crippen LogP contribution in [0.3, 0.4) is 0 Å². The van der Waals surface area contributed by atoms with Gasteiger partial charge in [-0.15, -0.1) is 0 Å². The van der Waals surface area contributed by atoms with Crippen molar-refractivity contribution >= 4 is 40.6 Å². The first-order valence-corrected chi connectivity index (χ1v) is 8.64. The molecule has 4 aromatic carbocycles. The summed E-state index contributed by atoms with van der Waals surface area (Å²) in [6, 6.07) is 20.1. The van der Waals surface area contributed by atoms with Gasteiger partial charge in [0.25, 0.3) is 0 Å². The molecule has 0 atom stereocenters. The molecule has 0 aliphatic carbocycles. The van der Waals surface area contributed by atoms with Gasteiger partial charge in [-0.25, -0.2) is 0 Å². The molecule has 0 aliphatic heterocycles. The molecular weight excluding hydrogens is 375 g/mol. The van der Waals surface area contributed by atoms with Crippen molar-refractivity contribution in [1.29, 1.82) is 0 Å². The van der Waals surface area contributed by atoms with Gasteiger partial charge in [0.15, 0.2) is 11.5 Å². The lowest BCUT2D eigenvalue weighted by Crippen LogP contribution is -2.13. The van der Waals surface area contributed by atoms with Gasteiger partial charge in [0, 0.05) is 22.9 Å². The van der Waals surface area contributed by atoms with Crippen LogP contribution < -0.4 is 9.31 Å². The van der Waals surface area contributed by atoms with Gasteiger partial charge in [-0.05, 0) is 22.9 Å². The number of fused-ring (bicyclic) bond motifs is 2. The van der Waals surface area contributed by atoms with Gasteiger partial charge in [0.2, 0.25) is 0 Å². The molecule has 0 fully saturated rings. The minimum absolute atomic E-state index is 0.0518. The standard InChI is InChI=1S/C20H13BN2O6/c24-22(25)17-11-9-13-5-1-3-7-15(13)19(17)28-21-29-20-16-8-4-2-6-14(16)10-12-18(20)23(26)27/h1-12,21H. The highest BCUT2D eigenvalue weighted by atomic mass is 16.6. The van der Waals surface area contributed by atoms with Crippen molar-refractivity contribution in [3.05, 3.63) is 93.0 Å². The third kappa shape index (κ3) is 3.41. The molecular formula is C20H13BN2O6. The first-order valence-electron chi connectivity index (χ1n) is 8.64. The third-order valence-electron chi connectivity index (χ3n) is 4.52. The largest absolute Gasteiger partial charge is 0.576 e. The van der Waals surface area contributed by atoms with Crippen LogP contribution >= 0.6 is 0 Å². The van der Waals surface area contributed by atoms with Gasteiger partial charge in [0.1, 0.15) is 0 Å². The van der Waals surface area contributed by atoms with E-state index in [4.69, 9.17) is 9.31 Å². The molecule has 0 saturated heterocycles. The Hall–Kier alpha value is -4.14. The number of nitro benzene ring substituents is 2. The Morgan fingerprint density at radius 1 is 0.621 bits per heavy atom. The second-order valence-corrected chi connectivity index (χ2v) is 6.19. The molecule has 0 radical (unpaired) electrons. The van der Waals surface area contributed by atoms with Gasteiger partial charge < -0.3 is 9.31 Å². The molecule has 0 bridgehead atoms. The van der Waals surface area contributed by atoms with Crippen LogP contribution in [-0.2, 0) is 0 Å². The number of nitrogens with zero attached hydrogens (tertiary/aromatic N) is 2. The maximum Gasteiger partial charge on any atom is 0.576 e. The Morgan fingerprint density at radius 2 is 1.03 bits per heavy atom. The van der Waals surface area contributed by atoms with Crippen molar-refractivity contribution in [2.75, 3.05) is 0 Å². The monoisotopic (exact) mass is 388 g/mol. The van der Waals surface area contributed by atoms with Crippen LogP contribution in [0, 0.1) is 20.2 Å². The summed E-state index contributed by atoms with van der Waals surface area (Å²) >= 11 is 0. The van der Waals surface area contributed by atoms with E-state index in [1.165, 1.54) is 12.1 Å². The van der Waals surface area contributed by atoms with Gasteiger partial charge in [0.05, 0.1) is 9.85 Å². The summed E-state index contributed by atoms with van der Waals surface area (Å²) in [6.07, 6.45) is 0. The van der Waals surface area contributed by atoms with Crippen molar-refractivity contribution in [2.24, 2.45) is 0 Å². The molecule has 0 saturated carbocycles. The average molecular weight is 388 g/mol. The van der Waals surface area contributed by atoms with Crippen molar-refractivity contribution in [2.45, 2.75) is 0 Å². The molecule has 4 rings (SSSR count). The summed E-state index contributed by atoms with van der Waals surface area (Å²) in [4.78, 5) is 21.7. The SMILES string of the molecule is O=[N+]([O-])c1ccc2ccccc2c1OBOc1c([N+](=O)[O-])ccc2ccccc12. The Morgan fingerprint density at radius 3 is 1.45 bits per heavy atom. The molecule has 8 nitrogen and oxygen atoms in total. The second kappa shape index (κ2) is 7.47. The predicted octanol–water partition coefficient (Wildman–Crippen LogP) is 4.53. The van der Waals surface area contributed by atoms with Crippen LogP contribution in [0.25, 0.3) is 21.5 Å². The first kappa shape index (κ1) is 18.2. The maximum atomic E-state index is 11.4. The van der Waals surface area contributed by atoms with Gasteiger partial charge >= 0.3 is 19.1 Å². The Balaban J connectivity index is 1.70. The lowest BCUT2D eigenvalue weighted by atomic mass is 10.1. The van der Waals surface area contributed by atoms with Crippen molar-refractivity contribution < 1.29 is 19.2 Å². The molecule has 0 amide bonds. The molecule has 142 valence electrons. The highest BCUT2D eigenvalue weighted by Crippen LogP contribution is 2.37. The summed E-state index contributed by atoms with van der Waals surface area (Å²) in [5.41, 5.74) is -0.417. The van der Waals surface area contributed by atoms with Crippen LogP contribution in [0.1, 0.15) is 0 Å². The van der Waals surface area contributed by atoms with Crippen LogP contribution in [-0.4, -0.2) is 17.5 Å². The van der Waals surface area contributed by atoms with Crippen molar-refractivity contribution in [3.63, 3.8) is 0 Å². The highest BCUT2D eigenvalue weighted by molar-refractivity contribution is 6.22. The molecule has 4 aromatic rings. The Kier molecular flexibility index (Phi) is 4.70. The zero-order valence-corrected chi connectivity index (χ0v) is 15.0. The van der Waals surface area contributed by atoms with Crippen molar-refractivity contribution in [1.82, 2.24) is 0 Å². The fourth-order valence-corrected chi connectivity index (χ4v) is 3.20. The third-order valence-corrected chi connectivity index (χ3v) is 4.52. The molecule has 9 heteroatoms. The predicted molar refractivity (Wildman–Crippen MR) is 110 cm³/mol. The fourth-order valence-electron chi connectivity index (χ4n) is 3.20. The van der Waals surface area contributed by atoms with E-state index in [2.05, 4.69) is 0 Å². The van der Waals surface area contributed by atoms with Crippen LogP contribution in [0.4, 0.5) is 11.4 Å². The van der Waals surface area contributed by atoms with Gasteiger partial charge in [-0.1, -0.05) is 48.5 Å². The van der Waals surface area contributed by atoms with E-state index in [1.807, 2.05) is 24.3 Å². The first-order chi connectivity index (χ1) is 14.1. The van der Waals surface area contributed by atoms with Gasteiger partial charge in [-0.3, -0.25) is 20.2 Å². The Labute approximate surface area is 164 Å². The van der Waals surface area contributed by atoms with E-state index < -0.39 is 17.5 Å². The number of hydrogen-bond donors (Lipinski definition) is 0. The van der Waals surface area contributed by atoms with E-state index in [1.54, 1.807) is 36.4 Å². The number of rotatable bonds is 6. The summed E-state index contributed by atoms with van der Waals surface area (Å²) in [5, 5.41) is 25.5. The van der Waals surface area contributed by atoms with E-state index >= 15 is 0 Å². The van der Waals surface area contributed by atoms with Crippen molar-refractivity contribution in [3.8, 4) is 11.5 Å². The lowest BCUT2D eigenvalue weighted by Gasteiger charge is -2.12. The van der Waals surface area contributed by atoms with E-state index in [0.717, 1.165) is 10.8 Å². The van der Waals surface area contributed by atoms with E-state index in [9.17, 15) is 20.2 Å².